The number of aliphatic hydroxyl groups excluding tert-OH is 1. The molecule has 4 rings (SSSR count). The van der Waals surface area contributed by atoms with Crippen molar-refractivity contribution in [1.82, 2.24) is 9.80 Å². The van der Waals surface area contributed by atoms with Crippen molar-refractivity contribution in [1.29, 1.82) is 0 Å². The van der Waals surface area contributed by atoms with Gasteiger partial charge in [-0.2, -0.15) is 0 Å². The average Bonchev–Trinajstić information content (AvgIpc) is 3.06. The minimum absolute atomic E-state index is 0.117. The normalized spacial score (nSPS) is 14.6. The largest absolute Gasteiger partial charge is 0.481 e. The van der Waals surface area contributed by atoms with Gasteiger partial charge in [0.1, 0.15) is 0 Å². The fourth-order valence-electron chi connectivity index (χ4n) is 5.61. The molecule has 1 fully saturated rings. The zero-order valence-corrected chi connectivity index (χ0v) is 24.8. The van der Waals surface area contributed by atoms with Crippen molar-refractivity contribution in [3.8, 4) is 0 Å². The van der Waals surface area contributed by atoms with Crippen molar-refractivity contribution < 1.29 is 38.8 Å². The quantitative estimate of drug-likeness (QED) is 0.144. The number of hydrogen-bond acceptors (Lipinski definition) is 8. The highest BCUT2D eigenvalue weighted by molar-refractivity contribution is 5.85. The van der Waals surface area contributed by atoms with Gasteiger partial charge in [0.15, 0.2) is 0 Å². The summed E-state index contributed by atoms with van der Waals surface area (Å²) in [6.07, 6.45) is -1.96. The predicted octanol–water partition coefficient (Wildman–Crippen LogP) is 2.92. The second-order valence-electron chi connectivity index (χ2n) is 10.4. The second-order valence-corrected chi connectivity index (χ2v) is 10.4. The van der Waals surface area contributed by atoms with E-state index in [0.717, 1.165) is 16.7 Å². The number of amides is 1. The van der Waals surface area contributed by atoms with Crippen molar-refractivity contribution >= 4 is 17.8 Å². The minimum Gasteiger partial charge on any atom is -0.481 e. The number of benzene rings is 3. The molecular formula is C34H40N2O8. The van der Waals surface area contributed by atoms with Crippen LogP contribution in [-0.2, 0) is 34.1 Å². The molecule has 1 aliphatic rings. The molecule has 1 heterocycles. The van der Waals surface area contributed by atoms with Crippen molar-refractivity contribution in [2.45, 2.75) is 24.5 Å². The molecule has 10 nitrogen and oxygen atoms in total. The van der Waals surface area contributed by atoms with Crippen LogP contribution in [0.4, 0.5) is 0 Å². The maximum atomic E-state index is 13.7. The molecule has 3 aromatic carbocycles. The van der Waals surface area contributed by atoms with E-state index in [1.54, 1.807) is 4.90 Å². The van der Waals surface area contributed by atoms with E-state index in [1.807, 2.05) is 54.6 Å². The molecule has 0 radical (unpaired) electrons. The van der Waals surface area contributed by atoms with Crippen LogP contribution in [0.1, 0.15) is 29.5 Å². The Hall–Kier alpha value is -4.09. The molecular weight excluding hydrogens is 564 g/mol. The lowest BCUT2D eigenvalue weighted by Gasteiger charge is -2.49. The van der Waals surface area contributed by atoms with Gasteiger partial charge in [0.25, 0.3) is 5.91 Å². The van der Waals surface area contributed by atoms with E-state index in [9.17, 15) is 14.4 Å². The van der Waals surface area contributed by atoms with Gasteiger partial charge >= 0.3 is 11.9 Å². The molecule has 234 valence electrons. The molecule has 1 unspecified atom stereocenters. The number of aliphatic hydroxyl groups is 1. The molecule has 10 heteroatoms. The van der Waals surface area contributed by atoms with Gasteiger partial charge in [-0.3, -0.25) is 19.3 Å². The molecule has 1 aliphatic heterocycles. The number of ether oxygens (including phenoxy) is 3. The van der Waals surface area contributed by atoms with Crippen LogP contribution in [0.25, 0.3) is 0 Å². The van der Waals surface area contributed by atoms with Crippen LogP contribution in [0.5, 0.6) is 0 Å². The van der Waals surface area contributed by atoms with Crippen LogP contribution in [0.15, 0.2) is 91.0 Å². The Bertz CT molecular complexity index is 1220. The summed E-state index contributed by atoms with van der Waals surface area (Å²) in [7, 11) is 0. The molecule has 0 aromatic heterocycles. The Labute approximate surface area is 257 Å². The summed E-state index contributed by atoms with van der Waals surface area (Å²) < 4.78 is 16.2. The molecule has 3 aromatic rings. The third-order valence-electron chi connectivity index (χ3n) is 7.61. The molecule has 1 atom stereocenters. The van der Waals surface area contributed by atoms with E-state index >= 15 is 0 Å². The fraction of sp³-hybridized carbons (Fsp3) is 0.382. The van der Waals surface area contributed by atoms with E-state index in [-0.39, 0.29) is 39.5 Å². The van der Waals surface area contributed by atoms with Gasteiger partial charge in [0, 0.05) is 26.2 Å². The summed E-state index contributed by atoms with van der Waals surface area (Å²) in [5, 5.41) is 17.8. The van der Waals surface area contributed by atoms with Gasteiger partial charge in [-0.1, -0.05) is 91.0 Å². The zero-order chi connectivity index (χ0) is 31.2. The molecule has 44 heavy (non-hydrogen) atoms. The Morgan fingerprint density at radius 3 is 1.68 bits per heavy atom. The van der Waals surface area contributed by atoms with Gasteiger partial charge in [-0.05, 0) is 16.7 Å². The summed E-state index contributed by atoms with van der Waals surface area (Å²) in [5.41, 5.74) is 2.72. The molecule has 0 spiro atoms. The smallest absolute Gasteiger partial charge is 0.307 e. The van der Waals surface area contributed by atoms with Crippen LogP contribution in [0, 0.1) is 0 Å². The maximum Gasteiger partial charge on any atom is 0.307 e. The third-order valence-corrected chi connectivity index (χ3v) is 7.61. The van der Waals surface area contributed by atoms with E-state index < -0.39 is 35.9 Å². The standard InChI is InChI=1S/C34H40N2O8/c37-22-23-42-24-25-43-26-30(44-32(40)17-16-31(38)39)33(41)35-18-20-36(21-19-35)34(27-10-4-1-5-11-27,28-12-6-2-7-13-28)29-14-8-3-9-15-29/h1-15,30,37H,16-26H2,(H,38,39). The highest BCUT2D eigenvalue weighted by Gasteiger charge is 2.44. The van der Waals surface area contributed by atoms with E-state index in [4.69, 9.17) is 24.4 Å². The summed E-state index contributed by atoms with van der Waals surface area (Å²) in [4.78, 5) is 41.1. The second kappa shape index (κ2) is 16.7. The average molecular weight is 605 g/mol. The van der Waals surface area contributed by atoms with Crippen molar-refractivity contribution in [3.05, 3.63) is 108 Å². The zero-order valence-electron chi connectivity index (χ0n) is 24.8. The first-order valence-corrected chi connectivity index (χ1v) is 14.8. The SMILES string of the molecule is O=C(O)CCC(=O)OC(COCCOCCO)C(=O)N1CCN(C(c2ccccc2)(c2ccccc2)c2ccccc2)CC1. The number of carboxylic acids is 1. The summed E-state index contributed by atoms with van der Waals surface area (Å²) in [6, 6.07) is 31.0. The molecule has 1 saturated heterocycles. The summed E-state index contributed by atoms with van der Waals surface area (Å²) in [6.45, 7) is 2.05. The third kappa shape index (κ3) is 8.29. The number of esters is 1. The highest BCUT2D eigenvalue weighted by atomic mass is 16.6. The number of nitrogens with zero attached hydrogens (tertiary/aromatic N) is 2. The molecule has 0 saturated carbocycles. The van der Waals surface area contributed by atoms with Crippen molar-refractivity contribution in [2.24, 2.45) is 0 Å². The van der Waals surface area contributed by atoms with Crippen molar-refractivity contribution in [3.63, 3.8) is 0 Å². The van der Waals surface area contributed by atoms with E-state index in [0.29, 0.717) is 26.2 Å². The number of carbonyl (C=O) groups is 3. The predicted molar refractivity (Wildman–Crippen MR) is 163 cm³/mol. The number of aliphatic carboxylic acids is 1. The highest BCUT2D eigenvalue weighted by Crippen LogP contribution is 2.42. The maximum absolute atomic E-state index is 13.7. The molecule has 1 amide bonds. The number of rotatable bonds is 16. The number of piperazine rings is 1. The topological polar surface area (TPSA) is 126 Å². The van der Waals surface area contributed by atoms with Gasteiger partial charge in [-0.25, -0.2) is 0 Å². The molecule has 0 aliphatic carbocycles. The first-order chi connectivity index (χ1) is 21.5. The van der Waals surface area contributed by atoms with Gasteiger partial charge in [0.05, 0.1) is 51.4 Å². The molecule has 2 N–H and O–H groups in total. The van der Waals surface area contributed by atoms with Crippen molar-refractivity contribution in [2.75, 3.05) is 59.2 Å². The van der Waals surface area contributed by atoms with Crippen LogP contribution >= 0.6 is 0 Å². The van der Waals surface area contributed by atoms with Gasteiger partial charge in [0.2, 0.25) is 6.10 Å². The summed E-state index contributed by atoms with van der Waals surface area (Å²) >= 11 is 0. The Morgan fingerprint density at radius 1 is 0.705 bits per heavy atom. The van der Waals surface area contributed by atoms with E-state index in [2.05, 4.69) is 41.3 Å². The Kier molecular flexibility index (Phi) is 12.4. The van der Waals surface area contributed by atoms with Gasteiger partial charge in [-0.15, -0.1) is 0 Å². The van der Waals surface area contributed by atoms with Crippen LogP contribution in [-0.4, -0.2) is 103 Å². The lowest BCUT2D eigenvalue weighted by atomic mass is 9.75. The fourth-order valence-corrected chi connectivity index (χ4v) is 5.61. The van der Waals surface area contributed by atoms with Crippen LogP contribution < -0.4 is 0 Å². The van der Waals surface area contributed by atoms with E-state index in [1.165, 1.54) is 0 Å². The number of carbonyl (C=O) groups excluding carboxylic acids is 2. The lowest BCUT2D eigenvalue weighted by Crippen LogP contribution is -2.59. The lowest BCUT2D eigenvalue weighted by molar-refractivity contribution is -0.166. The van der Waals surface area contributed by atoms with Crippen LogP contribution in [0.3, 0.4) is 0 Å². The Morgan fingerprint density at radius 2 is 1.20 bits per heavy atom. The first-order valence-electron chi connectivity index (χ1n) is 14.8. The Balaban J connectivity index is 1.54. The monoisotopic (exact) mass is 604 g/mol. The first kappa shape index (κ1) is 32.8. The minimum atomic E-state index is -1.22. The number of carboxylic acid groups (broad SMARTS) is 1. The van der Waals surface area contributed by atoms with Crippen LogP contribution in [0.2, 0.25) is 0 Å². The van der Waals surface area contributed by atoms with Gasteiger partial charge < -0.3 is 29.3 Å². The molecule has 0 bridgehead atoms. The number of hydrogen-bond donors (Lipinski definition) is 2. The summed E-state index contributed by atoms with van der Waals surface area (Å²) in [5.74, 6) is -2.30.